The van der Waals surface area contributed by atoms with Crippen LogP contribution in [0.1, 0.15) is 15.9 Å². The molecule has 0 unspecified atom stereocenters. The van der Waals surface area contributed by atoms with Gasteiger partial charge in [0, 0.05) is 4.47 Å². The van der Waals surface area contributed by atoms with Crippen molar-refractivity contribution in [2.45, 2.75) is 11.8 Å². The summed E-state index contributed by atoms with van der Waals surface area (Å²) < 4.78 is 27.3. The molecular weight excluding hydrogens is 394 g/mol. The summed E-state index contributed by atoms with van der Waals surface area (Å²) in [7, 11) is -3.94. The molecule has 0 fully saturated rings. The summed E-state index contributed by atoms with van der Waals surface area (Å²) in [4.78, 5) is 10.9. The SMILES string of the molecule is Cc1ccc(NS(=O)(=O)c2ccc(Br)c(C(=O)O)c2)c(Cl)c1. The van der Waals surface area contributed by atoms with E-state index in [2.05, 4.69) is 20.7 Å². The van der Waals surface area contributed by atoms with Crippen molar-refractivity contribution in [2.24, 2.45) is 0 Å². The van der Waals surface area contributed by atoms with Crippen molar-refractivity contribution in [3.05, 3.63) is 57.0 Å². The van der Waals surface area contributed by atoms with Gasteiger partial charge in [0.1, 0.15) is 0 Å². The van der Waals surface area contributed by atoms with Gasteiger partial charge in [-0.1, -0.05) is 17.7 Å². The number of hydrogen-bond donors (Lipinski definition) is 2. The lowest BCUT2D eigenvalue weighted by Gasteiger charge is -2.11. The maximum atomic E-state index is 12.3. The van der Waals surface area contributed by atoms with E-state index in [4.69, 9.17) is 16.7 Å². The first-order valence-corrected chi connectivity index (χ1v) is 8.68. The number of halogens is 2. The van der Waals surface area contributed by atoms with Crippen LogP contribution >= 0.6 is 27.5 Å². The van der Waals surface area contributed by atoms with Crippen molar-refractivity contribution < 1.29 is 18.3 Å². The van der Waals surface area contributed by atoms with Crippen LogP contribution in [0.3, 0.4) is 0 Å². The second-order valence-corrected chi connectivity index (χ2v) is 7.48. The fourth-order valence-electron chi connectivity index (χ4n) is 1.74. The molecule has 2 aromatic carbocycles. The minimum Gasteiger partial charge on any atom is -0.478 e. The molecule has 0 amide bonds. The molecule has 5 nitrogen and oxygen atoms in total. The van der Waals surface area contributed by atoms with Gasteiger partial charge < -0.3 is 5.11 Å². The minimum atomic E-state index is -3.94. The zero-order valence-corrected chi connectivity index (χ0v) is 14.5. The lowest BCUT2D eigenvalue weighted by Crippen LogP contribution is -2.14. The Morgan fingerprint density at radius 2 is 1.91 bits per heavy atom. The van der Waals surface area contributed by atoms with Gasteiger partial charge in [0.05, 0.1) is 21.2 Å². The van der Waals surface area contributed by atoms with Gasteiger partial charge in [-0.3, -0.25) is 4.72 Å². The number of carbonyl (C=O) groups is 1. The molecule has 0 radical (unpaired) electrons. The van der Waals surface area contributed by atoms with E-state index in [9.17, 15) is 13.2 Å². The number of hydrogen-bond acceptors (Lipinski definition) is 3. The van der Waals surface area contributed by atoms with Crippen LogP contribution in [0.15, 0.2) is 45.8 Å². The monoisotopic (exact) mass is 403 g/mol. The van der Waals surface area contributed by atoms with Crippen molar-refractivity contribution in [3.63, 3.8) is 0 Å². The van der Waals surface area contributed by atoms with Crippen LogP contribution in [0.5, 0.6) is 0 Å². The highest BCUT2D eigenvalue weighted by Crippen LogP contribution is 2.27. The quantitative estimate of drug-likeness (QED) is 0.809. The number of aryl methyl sites for hydroxylation is 1. The highest BCUT2D eigenvalue weighted by molar-refractivity contribution is 9.10. The van der Waals surface area contributed by atoms with E-state index in [0.717, 1.165) is 11.6 Å². The Kier molecular flexibility index (Phi) is 4.79. The molecule has 0 saturated carbocycles. The van der Waals surface area contributed by atoms with Crippen molar-refractivity contribution >= 4 is 49.2 Å². The highest BCUT2D eigenvalue weighted by atomic mass is 79.9. The molecule has 0 spiro atoms. The summed E-state index contributed by atoms with van der Waals surface area (Å²) in [6, 6.07) is 8.65. The Bertz CT molecular complexity index is 852. The van der Waals surface area contributed by atoms with E-state index in [1.165, 1.54) is 12.1 Å². The predicted molar refractivity (Wildman–Crippen MR) is 88.1 cm³/mol. The molecule has 8 heteroatoms. The lowest BCUT2D eigenvalue weighted by molar-refractivity contribution is 0.0695. The maximum Gasteiger partial charge on any atom is 0.336 e. The van der Waals surface area contributed by atoms with Crippen LogP contribution in [0, 0.1) is 6.92 Å². The number of nitrogens with one attached hydrogen (secondary N) is 1. The summed E-state index contributed by atoms with van der Waals surface area (Å²) in [5, 5.41) is 9.32. The first-order valence-electron chi connectivity index (χ1n) is 6.02. The first kappa shape index (κ1) is 16.8. The Morgan fingerprint density at radius 3 is 2.50 bits per heavy atom. The van der Waals surface area contributed by atoms with Crippen LogP contribution in [0.4, 0.5) is 5.69 Å². The number of rotatable bonds is 4. The van der Waals surface area contributed by atoms with Gasteiger partial charge in [-0.2, -0.15) is 0 Å². The van der Waals surface area contributed by atoms with Gasteiger partial charge in [0.15, 0.2) is 0 Å². The number of sulfonamides is 1. The number of aromatic carboxylic acids is 1. The van der Waals surface area contributed by atoms with Gasteiger partial charge in [0.2, 0.25) is 0 Å². The zero-order chi connectivity index (χ0) is 16.5. The van der Waals surface area contributed by atoms with Gasteiger partial charge in [-0.05, 0) is 58.7 Å². The Morgan fingerprint density at radius 1 is 1.23 bits per heavy atom. The molecule has 2 N–H and O–H groups in total. The van der Waals surface area contributed by atoms with Crippen LogP contribution < -0.4 is 4.72 Å². The van der Waals surface area contributed by atoms with Gasteiger partial charge in [-0.15, -0.1) is 0 Å². The molecule has 0 aliphatic carbocycles. The minimum absolute atomic E-state index is 0.141. The molecule has 2 rings (SSSR count). The summed E-state index contributed by atoms with van der Waals surface area (Å²) in [6.07, 6.45) is 0. The van der Waals surface area contributed by atoms with E-state index < -0.39 is 16.0 Å². The number of benzene rings is 2. The van der Waals surface area contributed by atoms with Crippen molar-refractivity contribution in [1.82, 2.24) is 0 Å². The summed E-state index contributed by atoms with van der Waals surface area (Å²) in [5.74, 6) is -1.22. The van der Waals surface area contributed by atoms with Gasteiger partial charge in [-0.25, -0.2) is 13.2 Å². The molecule has 0 saturated heterocycles. The van der Waals surface area contributed by atoms with E-state index in [-0.39, 0.29) is 21.2 Å². The molecule has 0 heterocycles. The lowest BCUT2D eigenvalue weighted by atomic mass is 10.2. The second-order valence-electron chi connectivity index (χ2n) is 4.54. The highest BCUT2D eigenvalue weighted by Gasteiger charge is 2.19. The fourth-order valence-corrected chi connectivity index (χ4v) is 3.60. The normalized spacial score (nSPS) is 11.2. The average Bonchev–Trinajstić information content (AvgIpc) is 2.42. The van der Waals surface area contributed by atoms with E-state index in [1.807, 2.05) is 6.92 Å². The fraction of sp³-hybridized carbons (Fsp3) is 0.0714. The largest absolute Gasteiger partial charge is 0.478 e. The Hall–Kier alpha value is -1.57. The van der Waals surface area contributed by atoms with Crippen LogP contribution in [-0.4, -0.2) is 19.5 Å². The Labute approximate surface area is 141 Å². The number of carboxylic acids is 1. The molecular formula is C14H11BrClNO4S. The average molecular weight is 405 g/mol. The molecule has 0 aliphatic rings. The molecule has 0 atom stereocenters. The Balaban J connectivity index is 2.42. The third-order valence-corrected chi connectivity index (χ3v) is 5.21. The molecule has 116 valence electrons. The molecule has 22 heavy (non-hydrogen) atoms. The van der Waals surface area contributed by atoms with Gasteiger partial charge >= 0.3 is 5.97 Å². The summed E-state index contributed by atoms with van der Waals surface area (Å²) in [5.41, 5.74) is 0.981. The predicted octanol–water partition coefficient (Wildman–Crippen LogP) is 3.91. The van der Waals surface area contributed by atoms with Crippen LogP contribution in [-0.2, 0) is 10.0 Å². The van der Waals surface area contributed by atoms with Crippen molar-refractivity contribution in [2.75, 3.05) is 4.72 Å². The number of anilines is 1. The third-order valence-electron chi connectivity index (χ3n) is 2.85. The summed E-state index contributed by atoms with van der Waals surface area (Å²) in [6.45, 7) is 1.83. The molecule has 0 bridgehead atoms. The second kappa shape index (κ2) is 6.28. The van der Waals surface area contributed by atoms with Crippen molar-refractivity contribution in [1.29, 1.82) is 0 Å². The van der Waals surface area contributed by atoms with E-state index in [0.29, 0.717) is 4.47 Å². The zero-order valence-electron chi connectivity index (χ0n) is 11.3. The maximum absolute atomic E-state index is 12.3. The standard InChI is InChI=1S/C14H11BrClNO4S/c1-8-2-5-13(12(16)6-8)17-22(20,21)9-3-4-11(15)10(7-9)14(18)19/h2-7,17H,1H3,(H,18,19). The van der Waals surface area contributed by atoms with Crippen LogP contribution in [0.2, 0.25) is 5.02 Å². The molecule has 0 aliphatic heterocycles. The molecule has 0 aromatic heterocycles. The van der Waals surface area contributed by atoms with Gasteiger partial charge in [0.25, 0.3) is 10.0 Å². The molecule has 2 aromatic rings. The third kappa shape index (κ3) is 3.60. The number of carboxylic acid groups (broad SMARTS) is 1. The first-order chi connectivity index (χ1) is 10.2. The van der Waals surface area contributed by atoms with E-state index >= 15 is 0 Å². The van der Waals surface area contributed by atoms with Crippen LogP contribution in [0.25, 0.3) is 0 Å². The van der Waals surface area contributed by atoms with Crippen molar-refractivity contribution in [3.8, 4) is 0 Å². The van der Waals surface area contributed by atoms with E-state index in [1.54, 1.807) is 18.2 Å². The summed E-state index contributed by atoms with van der Waals surface area (Å²) >= 11 is 9.07. The topological polar surface area (TPSA) is 83.5 Å². The smallest absolute Gasteiger partial charge is 0.336 e.